The van der Waals surface area contributed by atoms with Gasteiger partial charge in [0, 0.05) is 12.2 Å². The molecule has 0 aliphatic heterocycles. The summed E-state index contributed by atoms with van der Waals surface area (Å²) >= 11 is 3.90. The van der Waals surface area contributed by atoms with E-state index in [4.69, 9.17) is 5.73 Å². The Morgan fingerprint density at radius 2 is 1.42 bits per heavy atom. The van der Waals surface area contributed by atoms with Gasteiger partial charge in [-0.2, -0.15) is 12.6 Å². The second-order valence-corrected chi connectivity index (χ2v) is 7.88. The van der Waals surface area contributed by atoms with Crippen molar-refractivity contribution in [2.24, 2.45) is 5.73 Å². The van der Waals surface area contributed by atoms with Gasteiger partial charge in [0.1, 0.15) is 17.8 Å². The van der Waals surface area contributed by atoms with Crippen molar-refractivity contribution < 1.29 is 39.6 Å². The van der Waals surface area contributed by atoms with Crippen molar-refractivity contribution in [3.63, 3.8) is 0 Å². The van der Waals surface area contributed by atoms with Gasteiger partial charge in [0.15, 0.2) is 6.04 Å². The predicted octanol–water partition coefficient (Wildman–Crippen LogP) is -2.51. The second kappa shape index (κ2) is 13.0. The largest absolute Gasteiger partial charge is 0.508 e. The number of phenolic OH excluding ortho intramolecular Hbond substituents is 1. The summed E-state index contributed by atoms with van der Waals surface area (Å²) < 4.78 is 0. The number of aromatic hydroxyl groups is 1. The molecule has 0 fully saturated rings. The van der Waals surface area contributed by atoms with Crippen molar-refractivity contribution in [1.82, 2.24) is 16.0 Å². The van der Waals surface area contributed by atoms with Gasteiger partial charge >= 0.3 is 5.97 Å². The van der Waals surface area contributed by atoms with Gasteiger partial charge in [-0.05, 0) is 31.5 Å². The first-order valence-corrected chi connectivity index (χ1v) is 10.6. The van der Waals surface area contributed by atoms with E-state index in [1.807, 2.05) is 0 Å². The van der Waals surface area contributed by atoms with Crippen LogP contribution in [-0.4, -0.2) is 86.2 Å². The van der Waals surface area contributed by atoms with E-state index in [-0.39, 0.29) is 17.9 Å². The molecular weight excluding hydrogens is 456 g/mol. The van der Waals surface area contributed by atoms with Crippen molar-refractivity contribution >= 4 is 36.3 Å². The van der Waals surface area contributed by atoms with Crippen LogP contribution in [0, 0.1) is 0 Å². The lowest BCUT2D eigenvalue weighted by Crippen LogP contribution is -2.61. The summed E-state index contributed by atoms with van der Waals surface area (Å²) in [6.45, 7) is 2.43. The van der Waals surface area contributed by atoms with Crippen LogP contribution in [0.1, 0.15) is 19.4 Å². The molecule has 12 nitrogen and oxygen atoms in total. The zero-order chi connectivity index (χ0) is 25.3. The molecule has 3 amide bonds. The van der Waals surface area contributed by atoms with Crippen molar-refractivity contribution in [3.8, 4) is 5.75 Å². The highest BCUT2D eigenvalue weighted by Gasteiger charge is 2.33. The Bertz CT molecular complexity index is 834. The summed E-state index contributed by atoms with van der Waals surface area (Å²) in [6, 6.07) is 0.206. The molecule has 0 bridgehead atoms. The minimum absolute atomic E-state index is 0.0121. The number of carboxylic acids is 1. The summed E-state index contributed by atoms with van der Waals surface area (Å²) in [5.41, 5.74) is 6.08. The number of phenols is 1. The van der Waals surface area contributed by atoms with E-state index in [1.165, 1.54) is 38.1 Å². The van der Waals surface area contributed by atoms with Gasteiger partial charge in [0.05, 0.1) is 18.2 Å². The lowest BCUT2D eigenvalue weighted by molar-refractivity contribution is -0.145. The van der Waals surface area contributed by atoms with Crippen LogP contribution in [0.4, 0.5) is 0 Å². The van der Waals surface area contributed by atoms with Crippen LogP contribution >= 0.6 is 12.6 Å². The van der Waals surface area contributed by atoms with E-state index in [0.717, 1.165) is 0 Å². The molecule has 9 N–H and O–H groups in total. The Balaban J connectivity index is 3.13. The number of aliphatic hydroxyl groups excluding tert-OH is 2. The molecule has 1 rings (SSSR count). The van der Waals surface area contributed by atoms with Crippen LogP contribution in [0.15, 0.2) is 24.3 Å². The third-order valence-corrected chi connectivity index (χ3v) is 5.04. The number of amides is 3. The molecule has 0 saturated heterocycles. The van der Waals surface area contributed by atoms with Crippen LogP contribution in [-0.2, 0) is 25.6 Å². The summed E-state index contributed by atoms with van der Waals surface area (Å²) in [4.78, 5) is 49.0. The molecule has 6 atom stereocenters. The molecule has 0 aliphatic carbocycles. The van der Waals surface area contributed by atoms with Crippen LogP contribution in [0.3, 0.4) is 0 Å². The number of carboxylic acid groups (broad SMARTS) is 1. The van der Waals surface area contributed by atoms with E-state index < -0.39 is 60.1 Å². The van der Waals surface area contributed by atoms with Gasteiger partial charge in [-0.15, -0.1) is 0 Å². The minimum atomic E-state index is -1.64. The summed E-state index contributed by atoms with van der Waals surface area (Å²) in [5.74, 6) is -4.11. The highest BCUT2D eigenvalue weighted by Crippen LogP contribution is 2.12. The Kier molecular flexibility index (Phi) is 11.1. The van der Waals surface area contributed by atoms with E-state index in [9.17, 15) is 39.6 Å². The minimum Gasteiger partial charge on any atom is -0.508 e. The normalized spacial score (nSPS) is 16.4. The summed E-state index contributed by atoms with van der Waals surface area (Å²) in [7, 11) is 0. The summed E-state index contributed by atoms with van der Waals surface area (Å²) in [5, 5.41) is 45.1. The van der Waals surface area contributed by atoms with E-state index in [0.29, 0.717) is 5.56 Å². The molecule has 0 aliphatic rings. The standard InChI is InChI=1S/C20H30N4O8S/c1-9(25)15(23-17(28)13(21)8-33)19(30)22-14(7-11-3-5-12(27)6-4-11)18(29)24-16(10(2)26)20(31)32/h3-6,9-10,13-16,25-27,33H,7-8,21H2,1-2H3,(H,22,30)(H,23,28)(H,24,29)(H,31,32). The van der Waals surface area contributed by atoms with E-state index in [2.05, 4.69) is 28.6 Å². The van der Waals surface area contributed by atoms with Crippen LogP contribution in [0.5, 0.6) is 5.75 Å². The Labute approximate surface area is 196 Å². The van der Waals surface area contributed by atoms with Crippen LogP contribution < -0.4 is 21.7 Å². The SMILES string of the molecule is CC(O)C(NC(=O)C(Cc1ccc(O)cc1)NC(=O)C(NC(=O)C(N)CS)C(C)O)C(=O)O. The number of nitrogens with two attached hydrogens (primary N) is 1. The average molecular weight is 487 g/mol. The number of carbonyl (C=O) groups is 4. The van der Waals surface area contributed by atoms with Crippen molar-refractivity contribution in [2.75, 3.05) is 5.75 Å². The van der Waals surface area contributed by atoms with Gasteiger partial charge in [-0.1, -0.05) is 12.1 Å². The second-order valence-electron chi connectivity index (χ2n) is 7.51. The highest BCUT2D eigenvalue weighted by atomic mass is 32.1. The Morgan fingerprint density at radius 1 is 0.909 bits per heavy atom. The van der Waals surface area contributed by atoms with Crippen LogP contribution in [0.2, 0.25) is 0 Å². The maximum Gasteiger partial charge on any atom is 0.328 e. The predicted molar refractivity (Wildman–Crippen MR) is 120 cm³/mol. The quantitative estimate of drug-likeness (QED) is 0.143. The number of nitrogens with one attached hydrogen (secondary N) is 3. The van der Waals surface area contributed by atoms with Gasteiger partial charge in [0.2, 0.25) is 17.7 Å². The fourth-order valence-corrected chi connectivity index (χ4v) is 2.90. The number of aliphatic carboxylic acids is 1. The van der Waals surface area contributed by atoms with E-state index >= 15 is 0 Å². The number of aliphatic hydroxyl groups is 2. The fraction of sp³-hybridized carbons (Fsp3) is 0.500. The molecule has 13 heteroatoms. The molecule has 1 aromatic rings. The van der Waals surface area contributed by atoms with Gasteiger partial charge < -0.3 is 42.1 Å². The molecule has 184 valence electrons. The number of benzene rings is 1. The van der Waals surface area contributed by atoms with Gasteiger partial charge in [0.25, 0.3) is 0 Å². The maximum absolute atomic E-state index is 12.8. The average Bonchev–Trinajstić information content (AvgIpc) is 2.74. The highest BCUT2D eigenvalue weighted by molar-refractivity contribution is 7.80. The molecule has 1 aromatic carbocycles. The zero-order valence-corrected chi connectivity index (χ0v) is 19.0. The van der Waals surface area contributed by atoms with Gasteiger partial charge in [-0.25, -0.2) is 4.79 Å². The topological polar surface area (TPSA) is 211 Å². The first kappa shape index (κ1) is 28.2. The molecule has 0 radical (unpaired) electrons. The van der Waals surface area contributed by atoms with Gasteiger partial charge in [-0.3, -0.25) is 14.4 Å². The molecule has 0 saturated carbocycles. The number of hydrogen-bond acceptors (Lipinski definition) is 9. The molecule has 0 aromatic heterocycles. The number of carbonyl (C=O) groups excluding carboxylic acids is 3. The molecular formula is C20H30N4O8S. The number of thiol groups is 1. The Hall–Kier alpha value is -2.87. The molecule has 33 heavy (non-hydrogen) atoms. The lowest BCUT2D eigenvalue weighted by atomic mass is 10.0. The number of rotatable bonds is 12. The number of hydrogen-bond donors (Lipinski definition) is 9. The maximum atomic E-state index is 12.8. The molecule has 6 unspecified atom stereocenters. The monoisotopic (exact) mass is 486 g/mol. The lowest BCUT2D eigenvalue weighted by Gasteiger charge is -2.27. The molecule has 0 heterocycles. The zero-order valence-electron chi connectivity index (χ0n) is 18.1. The fourth-order valence-electron chi connectivity index (χ4n) is 2.73. The van der Waals surface area contributed by atoms with E-state index in [1.54, 1.807) is 0 Å². The smallest absolute Gasteiger partial charge is 0.328 e. The molecule has 0 spiro atoms. The summed E-state index contributed by atoms with van der Waals surface area (Å²) in [6.07, 6.45) is -2.91. The third kappa shape index (κ3) is 8.88. The third-order valence-electron chi connectivity index (χ3n) is 4.65. The van der Waals surface area contributed by atoms with Crippen molar-refractivity contribution in [1.29, 1.82) is 0 Å². The Morgan fingerprint density at radius 3 is 1.88 bits per heavy atom. The first-order valence-electron chi connectivity index (χ1n) is 10.0. The van der Waals surface area contributed by atoms with Crippen molar-refractivity contribution in [2.45, 2.75) is 56.6 Å². The first-order chi connectivity index (χ1) is 15.4. The van der Waals surface area contributed by atoms with Crippen molar-refractivity contribution in [3.05, 3.63) is 29.8 Å². The van der Waals surface area contributed by atoms with Crippen LogP contribution in [0.25, 0.3) is 0 Å².